The summed E-state index contributed by atoms with van der Waals surface area (Å²) < 4.78 is 28.1. The third-order valence-corrected chi connectivity index (χ3v) is 7.68. The van der Waals surface area contributed by atoms with Gasteiger partial charge in [0.1, 0.15) is 5.65 Å². The van der Waals surface area contributed by atoms with Gasteiger partial charge in [-0.25, -0.2) is 13.4 Å². The van der Waals surface area contributed by atoms with Crippen LogP contribution >= 0.6 is 0 Å². The number of aryl methyl sites for hydroxylation is 1. The van der Waals surface area contributed by atoms with Gasteiger partial charge in [-0.2, -0.15) is 0 Å². The summed E-state index contributed by atoms with van der Waals surface area (Å²) in [6.45, 7) is 1.89. The predicted octanol–water partition coefficient (Wildman–Crippen LogP) is 5.27. The summed E-state index contributed by atoms with van der Waals surface area (Å²) in [5, 5.41) is 11.7. The molecule has 0 bridgehead atoms. The minimum Gasteiger partial charge on any atom is -0.346 e. The third kappa shape index (κ3) is 4.17. The summed E-state index contributed by atoms with van der Waals surface area (Å²) in [5.74, 6) is 0. The summed E-state index contributed by atoms with van der Waals surface area (Å²) in [6, 6.07) is 16.5. The van der Waals surface area contributed by atoms with Crippen LogP contribution in [0.1, 0.15) is 16.7 Å². The van der Waals surface area contributed by atoms with Crippen LogP contribution in [-0.2, 0) is 16.3 Å². The Labute approximate surface area is 201 Å². The second-order valence-electron chi connectivity index (χ2n) is 8.20. The summed E-state index contributed by atoms with van der Waals surface area (Å²) in [6.07, 6.45) is 6.75. The van der Waals surface area contributed by atoms with Crippen LogP contribution in [0.25, 0.3) is 22.2 Å². The van der Waals surface area contributed by atoms with Crippen molar-refractivity contribution in [3.8, 4) is 11.1 Å². The molecule has 0 atom stereocenters. The van der Waals surface area contributed by atoms with Crippen molar-refractivity contribution in [2.24, 2.45) is 0 Å². The number of hydrogen-bond donors (Lipinski definition) is 1. The van der Waals surface area contributed by atoms with Crippen LogP contribution < -0.4 is 0 Å². The van der Waals surface area contributed by atoms with Crippen molar-refractivity contribution < 1.29 is 13.3 Å². The molecule has 8 nitrogen and oxygen atoms in total. The van der Waals surface area contributed by atoms with Crippen LogP contribution in [0, 0.1) is 17.0 Å². The molecule has 0 saturated carbocycles. The molecule has 35 heavy (non-hydrogen) atoms. The molecule has 0 saturated heterocycles. The SMILES string of the molecule is Cc1ccc(S(=O)(=O)c2c(-c3cccnc3)cnc3[nH]cc(Cc4cccc([N+](=O)[O-])c4)c23)cc1. The van der Waals surface area contributed by atoms with Gasteiger partial charge in [-0.05, 0) is 42.7 Å². The number of sulfone groups is 1. The minimum atomic E-state index is -3.96. The van der Waals surface area contributed by atoms with E-state index in [1.165, 1.54) is 18.3 Å². The number of nitro groups is 1. The van der Waals surface area contributed by atoms with Crippen molar-refractivity contribution in [3.63, 3.8) is 0 Å². The number of rotatable bonds is 6. The number of nitro benzene ring substituents is 1. The summed E-state index contributed by atoms with van der Waals surface area (Å²) >= 11 is 0. The fraction of sp³-hybridized carbons (Fsp3) is 0.0769. The summed E-state index contributed by atoms with van der Waals surface area (Å²) in [7, 11) is -3.96. The Balaban J connectivity index is 1.77. The van der Waals surface area contributed by atoms with Crippen molar-refractivity contribution >= 4 is 26.6 Å². The first-order valence-electron chi connectivity index (χ1n) is 10.8. The fourth-order valence-electron chi connectivity index (χ4n) is 4.11. The van der Waals surface area contributed by atoms with E-state index in [4.69, 9.17) is 0 Å². The first-order valence-corrected chi connectivity index (χ1v) is 12.3. The van der Waals surface area contributed by atoms with E-state index < -0.39 is 14.8 Å². The molecule has 0 amide bonds. The molecular formula is C26H20N4O4S. The van der Waals surface area contributed by atoms with Gasteiger partial charge < -0.3 is 4.98 Å². The van der Waals surface area contributed by atoms with Crippen LogP contribution in [-0.4, -0.2) is 28.3 Å². The molecule has 0 unspecified atom stereocenters. The number of hydrogen-bond acceptors (Lipinski definition) is 6. The van der Waals surface area contributed by atoms with Crippen molar-refractivity contribution in [3.05, 3.63) is 112 Å². The Morgan fingerprint density at radius 1 is 1.03 bits per heavy atom. The molecule has 0 fully saturated rings. The van der Waals surface area contributed by atoms with Crippen molar-refractivity contribution in [2.45, 2.75) is 23.1 Å². The number of H-pyrrole nitrogens is 1. The van der Waals surface area contributed by atoms with E-state index in [0.29, 0.717) is 33.3 Å². The zero-order chi connectivity index (χ0) is 24.6. The van der Waals surface area contributed by atoms with E-state index >= 15 is 0 Å². The van der Waals surface area contributed by atoms with Crippen LogP contribution in [0.4, 0.5) is 5.69 Å². The molecule has 2 aromatic carbocycles. The molecule has 5 rings (SSSR count). The number of fused-ring (bicyclic) bond motifs is 1. The standard InChI is InChI=1S/C26H20N4O4S/c1-17-7-9-22(10-8-17)35(33,34)25-23(19-5-3-11-27-14-19)16-29-26-24(25)20(15-28-26)12-18-4-2-6-21(13-18)30(31)32/h2-11,13-16H,12H2,1H3,(H,28,29). The molecule has 0 spiro atoms. The van der Waals surface area contributed by atoms with Crippen molar-refractivity contribution in [1.29, 1.82) is 0 Å². The average molecular weight is 485 g/mol. The molecule has 0 aliphatic heterocycles. The van der Waals surface area contributed by atoms with Gasteiger partial charge in [0.25, 0.3) is 5.69 Å². The summed E-state index contributed by atoms with van der Waals surface area (Å²) in [4.78, 5) is 22.8. The zero-order valence-corrected chi connectivity index (χ0v) is 19.5. The van der Waals surface area contributed by atoms with Gasteiger partial charge in [0, 0.05) is 53.4 Å². The minimum absolute atomic E-state index is 0.0241. The number of benzene rings is 2. The van der Waals surface area contributed by atoms with Gasteiger partial charge in [0.15, 0.2) is 0 Å². The van der Waals surface area contributed by atoms with Crippen LogP contribution in [0.3, 0.4) is 0 Å². The highest BCUT2D eigenvalue weighted by Gasteiger charge is 2.28. The number of nitrogens with zero attached hydrogens (tertiary/aromatic N) is 3. The third-order valence-electron chi connectivity index (χ3n) is 5.82. The molecule has 0 radical (unpaired) electrons. The zero-order valence-electron chi connectivity index (χ0n) is 18.7. The molecule has 174 valence electrons. The van der Waals surface area contributed by atoms with Gasteiger partial charge in [0.05, 0.1) is 14.7 Å². The molecule has 5 aromatic rings. The molecule has 1 N–H and O–H groups in total. The molecule has 0 aliphatic rings. The smallest absolute Gasteiger partial charge is 0.269 e. The quantitative estimate of drug-likeness (QED) is 0.259. The van der Waals surface area contributed by atoms with E-state index in [1.54, 1.807) is 67.1 Å². The molecule has 3 heterocycles. The van der Waals surface area contributed by atoms with Gasteiger partial charge in [-0.3, -0.25) is 15.1 Å². The Kier molecular flexibility index (Phi) is 5.62. The maximum absolute atomic E-state index is 14.0. The number of aromatic nitrogens is 3. The Hall–Kier alpha value is -4.37. The maximum atomic E-state index is 14.0. The first-order chi connectivity index (χ1) is 16.8. The van der Waals surface area contributed by atoms with Crippen LogP contribution in [0.2, 0.25) is 0 Å². The van der Waals surface area contributed by atoms with E-state index in [0.717, 1.165) is 5.56 Å². The first kappa shape index (κ1) is 22.4. The Morgan fingerprint density at radius 3 is 2.54 bits per heavy atom. The van der Waals surface area contributed by atoms with Crippen LogP contribution in [0.15, 0.2) is 95.2 Å². The van der Waals surface area contributed by atoms with E-state index in [2.05, 4.69) is 15.0 Å². The second kappa shape index (κ2) is 8.77. The fourth-order valence-corrected chi connectivity index (χ4v) is 5.80. The lowest BCUT2D eigenvalue weighted by molar-refractivity contribution is -0.384. The number of aromatic amines is 1. The van der Waals surface area contributed by atoms with Crippen molar-refractivity contribution in [1.82, 2.24) is 15.0 Å². The lowest BCUT2D eigenvalue weighted by Crippen LogP contribution is -2.07. The number of nitrogens with one attached hydrogen (secondary N) is 1. The number of non-ortho nitro benzene ring substituents is 1. The lowest BCUT2D eigenvalue weighted by atomic mass is 10.0. The maximum Gasteiger partial charge on any atom is 0.269 e. The normalized spacial score (nSPS) is 11.6. The topological polar surface area (TPSA) is 119 Å². The molecule has 9 heteroatoms. The predicted molar refractivity (Wildman–Crippen MR) is 132 cm³/mol. The van der Waals surface area contributed by atoms with E-state index in [1.807, 2.05) is 6.92 Å². The van der Waals surface area contributed by atoms with Gasteiger partial charge >= 0.3 is 0 Å². The van der Waals surface area contributed by atoms with Crippen molar-refractivity contribution in [2.75, 3.05) is 0 Å². The highest BCUT2D eigenvalue weighted by Crippen LogP contribution is 2.38. The second-order valence-corrected chi connectivity index (χ2v) is 10.1. The average Bonchev–Trinajstić information content (AvgIpc) is 3.27. The van der Waals surface area contributed by atoms with Gasteiger partial charge in [-0.15, -0.1) is 0 Å². The monoisotopic (exact) mass is 484 g/mol. The molecular weight excluding hydrogens is 464 g/mol. The summed E-state index contributed by atoms with van der Waals surface area (Å²) in [5.41, 5.74) is 3.76. The van der Waals surface area contributed by atoms with E-state index in [9.17, 15) is 18.5 Å². The van der Waals surface area contributed by atoms with Crippen LogP contribution in [0.5, 0.6) is 0 Å². The van der Waals surface area contributed by atoms with Gasteiger partial charge in [0.2, 0.25) is 9.84 Å². The highest BCUT2D eigenvalue weighted by molar-refractivity contribution is 7.91. The Morgan fingerprint density at radius 2 is 1.83 bits per heavy atom. The largest absolute Gasteiger partial charge is 0.346 e. The Bertz CT molecular complexity index is 1660. The molecule has 3 aromatic heterocycles. The van der Waals surface area contributed by atoms with Gasteiger partial charge in [-0.1, -0.05) is 35.9 Å². The lowest BCUT2D eigenvalue weighted by Gasteiger charge is -2.14. The van der Waals surface area contributed by atoms with E-state index in [-0.39, 0.29) is 21.9 Å². The number of pyridine rings is 2. The highest BCUT2D eigenvalue weighted by atomic mass is 32.2. The molecule has 0 aliphatic carbocycles.